The van der Waals surface area contributed by atoms with Crippen LogP contribution in [0.3, 0.4) is 0 Å². The average molecular weight is 112 g/mol. The molecule has 0 heterocycles. The number of hydrogen-bond donors (Lipinski definition) is 1. The molecule has 0 aromatic carbocycles. The van der Waals surface area contributed by atoms with E-state index in [0.29, 0.717) is 6.42 Å². The smallest absolute Gasteiger partial charge is 0.0722 e. The van der Waals surface area contributed by atoms with Crippen molar-refractivity contribution in [1.82, 2.24) is 0 Å². The monoisotopic (exact) mass is 112 g/mol. The fraction of sp³-hybridized carbons (Fsp3) is 0.429. The number of allylic oxidation sites excluding steroid dienone is 1. The topological polar surface area (TPSA) is 20.2 Å². The molecule has 1 heteroatoms. The molecule has 0 fully saturated rings. The van der Waals surface area contributed by atoms with Crippen molar-refractivity contribution in [3.05, 3.63) is 24.8 Å². The van der Waals surface area contributed by atoms with E-state index in [1.807, 2.05) is 0 Å². The fourth-order valence-electron chi connectivity index (χ4n) is 0.356. The summed E-state index contributed by atoms with van der Waals surface area (Å²) in [6, 6.07) is 0. The summed E-state index contributed by atoms with van der Waals surface area (Å²) in [6.07, 6.45) is 2.04. The van der Waals surface area contributed by atoms with Crippen LogP contribution in [0.2, 0.25) is 0 Å². The summed E-state index contributed by atoms with van der Waals surface area (Å²) in [5, 5.41) is 8.80. The van der Waals surface area contributed by atoms with Crippen LogP contribution in [-0.2, 0) is 0 Å². The fourth-order valence-corrected chi connectivity index (χ4v) is 0.356. The van der Waals surface area contributed by atoms with Crippen molar-refractivity contribution >= 4 is 0 Å². The van der Waals surface area contributed by atoms with Crippen LogP contribution in [0.15, 0.2) is 24.8 Å². The molecule has 0 spiro atoms. The zero-order valence-corrected chi connectivity index (χ0v) is 5.22. The maximum absolute atomic E-state index is 8.80. The van der Waals surface area contributed by atoms with Crippen LogP contribution in [0.1, 0.15) is 13.3 Å². The zero-order valence-electron chi connectivity index (χ0n) is 5.22. The van der Waals surface area contributed by atoms with Gasteiger partial charge in [-0.2, -0.15) is 0 Å². The van der Waals surface area contributed by atoms with Gasteiger partial charge in [0.25, 0.3) is 0 Å². The molecule has 8 heavy (non-hydrogen) atoms. The Morgan fingerprint density at radius 2 is 2.38 bits per heavy atom. The summed E-state index contributed by atoms with van der Waals surface area (Å²) >= 11 is 0. The third kappa shape index (κ3) is 2.59. The van der Waals surface area contributed by atoms with Gasteiger partial charge in [0.2, 0.25) is 0 Å². The molecule has 0 rings (SSSR count). The van der Waals surface area contributed by atoms with Crippen LogP contribution in [0.5, 0.6) is 0 Å². The molecule has 46 valence electrons. The molecule has 1 N–H and O–H groups in total. The molecule has 1 unspecified atom stereocenters. The van der Waals surface area contributed by atoms with Gasteiger partial charge >= 0.3 is 0 Å². The quantitative estimate of drug-likeness (QED) is 0.548. The Balaban J connectivity index is 3.48. The third-order valence-electron chi connectivity index (χ3n) is 0.997. The molecule has 0 radical (unpaired) electrons. The Labute approximate surface area is 50.3 Å². The molecule has 0 aliphatic heterocycles. The minimum absolute atomic E-state index is 0.395. The van der Waals surface area contributed by atoms with Crippen molar-refractivity contribution in [2.75, 3.05) is 0 Å². The molecule has 0 aromatic rings. The normalized spacial score (nSPS) is 12.8. The lowest BCUT2D eigenvalue weighted by atomic mass is 10.1. The standard InChI is InChI=1S/C7H12O/c1-4-5-6(2)7(3)8/h4,7-8H,1-2,5H2,3H3. The van der Waals surface area contributed by atoms with E-state index in [0.717, 1.165) is 5.57 Å². The Kier molecular flexibility index (Phi) is 3.20. The lowest BCUT2D eigenvalue weighted by molar-refractivity contribution is 0.229. The van der Waals surface area contributed by atoms with Gasteiger partial charge in [0.1, 0.15) is 0 Å². The van der Waals surface area contributed by atoms with Crippen molar-refractivity contribution in [3.8, 4) is 0 Å². The minimum atomic E-state index is -0.395. The number of hydrogen-bond acceptors (Lipinski definition) is 1. The molecule has 0 aliphatic carbocycles. The maximum atomic E-state index is 8.80. The first-order valence-corrected chi connectivity index (χ1v) is 2.65. The second-order valence-electron chi connectivity index (χ2n) is 1.83. The summed E-state index contributed by atoms with van der Waals surface area (Å²) in [5.41, 5.74) is 0.819. The largest absolute Gasteiger partial charge is 0.389 e. The highest BCUT2D eigenvalue weighted by atomic mass is 16.3. The highest BCUT2D eigenvalue weighted by Crippen LogP contribution is 2.02. The van der Waals surface area contributed by atoms with Crippen LogP contribution >= 0.6 is 0 Å². The van der Waals surface area contributed by atoms with Crippen molar-refractivity contribution in [1.29, 1.82) is 0 Å². The van der Waals surface area contributed by atoms with E-state index in [2.05, 4.69) is 13.2 Å². The molecular formula is C7H12O. The predicted molar refractivity (Wildman–Crippen MR) is 35.6 cm³/mol. The summed E-state index contributed by atoms with van der Waals surface area (Å²) in [7, 11) is 0. The molecular weight excluding hydrogens is 100 g/mol. The summed E-state index contributed by atoms with van der Waals surface area (Å²) in [5.74, 6) is 0. The predicted octanol–water partition coefficient (Wildman–Crippen LogP) is 1.50. The van der Waals surface area contributed by atoms with Crippen LogP contribution in [-0.4, -0.2) is 11.2 Å². The Morgan fingerprint density at radius 1 is 1.88 bits per heavy atom. The summed E-state index contributed by atoms with van der Waals surface area (Å²) in [4.78, 5) is 0. The van der Waals surface area contributed by atoms with E-state index in [1.54, 1.807) is 13.0 Å². The number of rotatable bonds is 3. The second-order valence-corrected chi connectivity index (χ2v) is 1.83. The van der Waals surface area contributed by atoms with Crippen LogP contribution in [0.25, 0.3) is 0 Å². The Bertz CT molecular complexity index is 92.6. The minimum Gasteiger partial charge on any atom is -0.389 e. The van der Waals surface area contributed by atoms with Gasteiger partial charge in [-0.05, 0) is 18.9 Å². The first-order valence-electron chi connectivity index (χ1n) is 2.65. The zero-order chi connectivity index (χ0) is 6.57. The van der Waals surface area contributed by atoms with Gasteiger partial charge in [-0.25, -0.2) is 0 Å². The van der Waals surface area contributed by atoms with Crippen molar-refractivity contribution in [2.45, 2.75) is 19.4 Å². The first-order chi connectivity index (χ1) is 3.68. The van der Waals surface area contributed by atoms with Crippen molar-refractivity contribution in [2.24, 2.45) is 0 Å². The average Bonchev–Trinajstić information content (AvgIpc) is 1.67. The van der Waals surface area contributed by atoms with E-state index in [1.165, 1.54) is 0 Å². The molecule has 0 aliphatic rings. The van der Waals surface area contributed by atoms with Crippen molar-refractivity contribution < 1.29 is 5.11 Å². The van der Waals surface area contributed by atoms with Gasteiger partial charge in [-0.3, -0.25) is 0 Å². The van der Waals surface area contributed by atoms with Crippen LogP contribution in [0, 0.1) is 0 Å². The Morgan fingerprint density at radius 3 is 2.50 bits per heavy atom. The SMILES string of the molecule is C=CCC(=C)C(C)O. The van der Waals surface area contributed by atoms with Gasteiger partial charge in [0, 0.05) is 0 Å². The highest BCUT2D eigenvalue weighted by molar-refractivity contribution is 5.04. The van der Waals surface area contributed by atoms with Gasteiger partial charge in [-0.15, -0.1) is 6.58 Å². The molecule has 0 saturated carbocycles. The number of aliphatic hydroxyl groups is 1. The molecule has 1 atom stereocenters. The lowest BCUT2D eigenvalue weighted by Crippen LogP contribution is -2.01. The molecule has 1 nitrogen and oxygen atoms in total. The van der Waals surface area contributed by atoms with Crippen LogP contribution < -0.4 is 0 Å². The highest BCUT2D eigenvalue weighted by Gasteiger charge is 1.96. The summed E-state index contributed by atoms with van der Waals surface area (Å²) < 4.78 is 0. The molecule has 0 bridgehead atoms. The van der Waals surface area contributed by atoms with E-state index in [-0.39, 0.29) is 0 Å². The number of aliphatic hydroxyl groups excluding tert-OH is 1. The molecule has 0 amide bonds. The Hall–Kier alpha value is -0.560. The van der Waals surface area contributed by atoms with Gasteiger partial charge < -0.3 is 5.11 Å². The first kappa shape index (κ1) is 7.44. The summed E-state index contributed by atoms with van der Waals surface area (Å²) in [6.45, 7) is 8.83. The van der Waals surface area contributed by atoms with Gasteiger partial charge in [0.05, 0.1) is 6.10 Å². The van der Waals surface area contributed by atoms with Gasteiger partial charge in [-0.1, -0.05) is 12.7 Å². The van der Waals surface area contributed by atoms with E-state index in [4.69, 9.17) is 5.11 Å². The van der Waals surface area contributed by atoms with Crippen LogP contribution in [0.4, 0.5) is 0 Å². The van der Waals surface area contributed by atoms with E-state index in [9.17, 15) is 0 Å². The maximum Gasteiger partial charge on any atom is 0.0722 e. The van der Waals surface area contributed by atoms with E-state index >= 15 is 0 Å². The van der Waals surface area contributed by atoms with Crippen molar-refractivity contribution in [3.63, 3.8) is 0 Å². The van der Waals surface area contributed by atoms with Gasteiger partial charge in [0.15, 0.2) is 0 Å². The van der Waals surface area contributed by atoms with E-state index < -0.39 is 6.10 Å². The molecule has 0 saturated heterocycles. The lowest BCUT2D eigenvalue weighted by Gasteiger charge is -2.02. The third-order valence-corrected chi connectivity index (χ3v) is 0.997. The second kappa shape index (κ2) is 3.44. The molecule has 0 aromatic heterocycles.